The summed E-state index contributed by atoms with van der Waals surface area (Å²) in [7, 11) is 0. The van der Waals surface area contributed by atoms with Gasteiger partial charge < -0.3 is 40.1 Å². The van der Waals surface area contributed by atoms with Crippen LogP contribution in [0.15, 0.2) is 18.2 Å². The summed E-state index contributed by atoms with van der Waals surface area (Å²) in [4.78, 5) is 0. The average Bonchev–Trinajstić information content (AvgIpc) is 2.56. The maximum atomic E-state index is 9.92. The molecule has 2 rings (SSSR count). The summed E-state index contributed by atoms with van der Waals surface area (Å²) in [6.45, 7) is 1.24. The molecule has 1 heterocycles. The summed E-state index contributed by atoms with van der Waals surface area (Å²) in [5, 5.41) is 57.2. The number of ether oxygens (including phenoxy) is 2. The van der Waals surface area contributed by atoms with Crippen LogP contribution in [-0.2, 0) is 15.9 Å². The van der Waals surface area contributed by atoms with E-state index < -0.39 is 37.3 Å². The molecule has 6 atom stereocenters. The molecule has 8 nitrogen and oxygen atoms in total. The first-order valence-electron chi connectivity index (χ1n) is 7.80. The molecule has 8 heteroatoms. The highest BCUT2D eigenvalue weighted by atomic mass is 16.7. The first kappa shape index (κ1) is 18.9. The van der Waals surface area contributed by atoms with Crippen molar-refractivity contribution in [2.24, 2.45) is 0 Å². The quantitative estimate of drug-likeness (QED) is 0.370. The Bertz CT molecular complexity index is 535. The molecule has 0 aliphatic carbocycles. The van der Waals surface area contributed by atoms with E-state index in [1.54, 1.807) is 13.0 Å². The molecule has 1 aromatic carbocycles. The number of hydrogen-bond acceptors (Lipinski definition) is 8. The van der Waals surface area contributed by atoms with Crippen LogP contribution >= 0.6 is 0 Å². The van der Waals surface area contributed by atoms with Gasteiger partial charge in [0, 0.05) is 0 Å². The Kier molecular flexibility index (Phi) is 6.39. The van der Waals surface area contributed by atoms with Crippen molar-refractivity contribution in [3.63, 3.8) is 0 Å². The lowest BCUT2D eigenvalue weighted by atomic mass is 9.99. The Morgan fingerprint density at radius 2 is 1.79 bits per heavy atom. The summed E-state index contributed by atoms with van der Waals surface area (Å²) in [5.41, 5.74) is 0.801. The van der Waals surface area contributed by atoms with E-state index in [4.69, 9.17) is 14.6 Å². The van der Waals surface area contributed by atoms with Gasteiger partial charge in [-0.2, -0.15) is 0 Å². The molecule has 0 amide bonds. The third kappa shape index (κ3) is 4.35. The summed E-state index contributed by atoms with van der Waals surface area (Å²) < 4.78 is 10.8. The highest BCUT2D eigenvalue weighted by Gasteiger charge is 2.44. The molecule has 1 aliphatic rings. The van der Waals surface area contributed by atoms with E-state index in [0.29, 0.717) is 12.8 Å². The zero-order chi connectivity index (χ0) is 17.9. The summed E-state index contributed by atoms with van der Waals surface area (Å²) in [6, 6.07) is 4.53. The van der Waals surface area contributed by atoms with Gasteiger partial charge in [-0.1, -0.05) is 6.07 Å². The van der Waals surface area contributed by atoms with Gasteiger partial charge in [-0.15, -0.1) is 0 Å². The molecule has 1 saturated heterocycles. The average molecular weight is 344 g/mol. The topological polar surface area (TPSA) is 140 Å². The van der Waals surface area contributed by atoms with Gasteiger partial charge in [-0.3, -0.25) is 0 Å². The van der Waals surface area contributed by atoms with Crippen LogP contribution in [0.5, 0.6) is 11.5 Å². The van der Waals surface area contributed by atoms with Gasteiger partial charge in [0.2, 0.25) is 0 Å². The number of rotatable bonds is 6. The van der Waals surface area contributed by atoms with Crippen molar-refractivity contribution in [2.45, 2.75) is 56.6 Å². The minimum Gasteiger partial charge on any atom is -0.504 e. The first-order chi connectivity index (χ1) is 11.3. The fraction of sp³-hybridized carbons (Fsp3) is 0.625. The fourth-order valence-corrected chi connectivity index (χ4v) is 2.57. The number of benzene rings is 1. The van der Waals surface area contributed by atoms with Crippen LogP contribution in [0.2, 0.25) is 0 Å². The summed E-state index contributed by atoms with van der Waals surface area (Å²) in [6.07, 6.45) is -5.77. The first-order valence-corrected chi connectivity index (χ1v) is 7.80. The lowest BCUT2D eigenvalue weighted by Crippen LogP contribution is -2.59. The van der Waals surface area contributed by atoms with Crippen LogP contribution < -0.4 is 0 Å². The second kappa shape index (κ2) is 8.11. The number of aliphatic hydroxyl groups excluding tert-OH is 4. The van der Waals surface area contributed by atoms with Crippen LogP contribution in [-0.4, -0.2) is 74.1 Å². The van der Waals surface area contributed by atoms with E-state index in [2.05, 4.69) is 0 Å². The standard InChI is InChI=1S/C16H24O8/c1-8(2-3-9-4-5-10(18)11(19)6-9)23-16-15(22)14(21)13(20)12(7-17)24-16/h4-6,8,12-22H,2-3,7H2,1H3/t8-,12+,13+,14-,15+,16+/m1/s1. The molecule has 24 heavy (non-hydrogen) atoms. The van der Waals surface area contributed by atoms with Crippen molar-refractivity contribution in [1.29, 1.82) is 0 Å². The third-order valence-corrected chi connectivity index (χ3v) is 4.09. The molecule has 0 saturated carbocycles. The smallest absolute Gasteiger partial charge is 0.186 e. The number of aromatic hydroxyl groups is 2. The Morgan fingerprint density at radius 3 is 2.42 bits per heavy atom. The SMILES string of the molecule is C[C@H](CCc1ccc(O)c(O)c1)O[C@H]1O[C@@H](CO)[C@H](O)[C@@H](O)[C@@H]1O. The predicted molar refractivity (Wildman–Crippen MR) is 82.4 cm³/mol. The fourth-order valence-electron chi connectivity index (χ4n) is 2.57. The Balaban J connectivity index is 1.88. The van der Waals surface area contributed by atoms with Gasteiger partial charge in [0.05, 0.1) is 12.7 Å². The molecule has 0 aromatic heterocycles. The lowest BCUT2D eigenvalue weighted by Gasteiger charge is -2.40. The molecule has 0 unspecified atom stereocenters. The number of phenols is 2. The number of phenolic OH excluding ortho intramolecular Hbond substituents is 2. The van der Waals surface area contributed by atoms with E-state index in [1.807, 2.05) is 0 Å². The number of hydrogen-bond donors (Lipinski definition) is 6. The van der Waals surface area contributed by atoms with E-state index in [0.717, 1.165) is 5.56 Å². The second-order valence-electron chi connectivity index (χ2n) is 6.01. The molecule has 0 bridgehead atoms. The lowest BCUT2D eigenvalue weighted by molar-refractivity contribution is -0.310. The highest BCUT2D eigenvalue weighted by molar-refractivity contribution is 5.40. The third-order valence-electron chi connectivity index (χ3n) is 4.09. The van der Waals surface area contributed by atoms with Crippen LogP contribution in [0.4, 0.5) is 0 Å². The maximum Gasteiger partial charge on any atom is 0.186 e. The molecular weight excluding hydrogens is 320 g/mol. The van der Waals surface area contributed by atoms with Crippen LogP contribution in [0.3, 0.4) is 0 Å². The predicted octanol–water partition coefficient (Wildman–Crippen LogP) is -0.765. The van der Waals surface area contributed by atoms with Crippen LogP contribution in [0, 0.1) is 0 Å². The van der Waals surface area contributed by atoms with E-state index in [1.165, 1.54) is 12.1 Å². The zero-order valence-corrected chi connectivity index (χ0v) is 13.3. The van der Waals surface area contributed by atoms with Gasteiger partial charge in [0.1, 0.15) is 24.4 Å². The molecule has 6 N–H and O–H groups in total. The maximum absolute atomic E-state index is 9.92. The number of aryl methyl sites for hydroxylation is 1. The minimum absolute atomic E-state index is 0.190. The van der Waals surface area contributed by atoms with Crippen LogP contribution in [0.25, 0.3) is 0 Å². The molecule has 1 fully saturated rings. The molecule has 1 aliphatic heterocycles. The van der Waals surface area contributed by atoms with Crippen molar-refractivity contribution < 1.29 is 40.1 Å². The number of aliphatic hydroxyl groups is 4. The summed E-state index contributed by atoms with van der Waals surface area (Å²) in [5.74, 6) is -0.389. The Labute approximate surface area is 139 Å². The van der Waals surface area contributed by atoms with E-state index >= 15 is 0 Å². The van der Waals surface area contributed by atoms with Gasteiger partial charge in [0.15, 0.2) is 17.8 Å². The highest BCUT2D eigenvalue weighted by Crippen LogP contribution is 2.27. The normalized spacial score (nSPS) is 31.8. The van der Waals surface area contributed by atoms with Crippen molar-refractivity contribution in [3.8, 4) is 11.5 Å². The van der Waals surface area contributed by atoms with Crippen molar-refractivity contribution in [3.05, 3.63) is 23.8 Å². The largest absolute Gasteiger partial charge is 0.504 e. The van der Waals surface area contributed by atoms with E-state index in [9.17, 15) is 25.5 Å². The van der Waals surface area contributed by atoms with Gasteiger partial charge >= 0.3 is 0 Å². The van der Waals surface area contributed by atoms with Gasteiger partial charge in [-0.05, 0) is 37.5 Å². The second-order valence-corrected chi connectivity index (χ2v) is 6.01. The van der Waals surface area contributed by atoms with E-state index in [-0.39, 0.29) is 17.6 Å². The van der Waals surface area contributed by atoms with Gasteiger partial charge in [-0.25, -0.2) is 0 Å². The molecular formula is C16H24O8. The van der Waals surface area contributed by atoms with Crippen molar-refractivity contribution in [2.75, 3.05) is 6.61 Å². The Hall–Kier alpha value is -1.42. The minimum atomic E-state index is -1.47. The molecule has 136 valence electrons. The van der Waals surface area contributed by atoms with Crippen molar-refractivity contribution >= 4 is 0 Å². The molecule has 1 aromatic rings. The monoisotopic (exact) mass is 344 g/mol. The Morgan fingerprint density at radius 1 is 1.08 bits per heavy atom. The van der Waals surface area contributed by atoms with Crippen molar-refractivity contribution in [1.82, 2.24) is 0 Å². The van der Waals surface area contributed by atoms with Gasteiger partial charge in [0.25, 0.3) is 0 Å². The zero-order valence-electron chi connectivity index (χ0n) is 13.3. The summed E-state index contributed by atoms with van der Waals surface area (Å²) >= 11 is 0. The van der Waals surface area contributed by atoms with Crippen LogP contribution in [0.1, 0.15) is 18.9 Å². The molecule has 0 radical (unpaired) electrons. The molecule has 0 spiro atoms.